The first kappa shape index (κ1) is 32.6. The third-order valence-corrected chi connectivity index (χ3v) is 10.8. The molecule has 0 radical (unpaired) electrons. The standard InChI is InChI=1S/C31H43NO12/c1-12(2)8-18(34)43-22-24-30-11-41-31(24,28(39)40-7)25(36)20(35)23(30)29(6)10-16(33)21(44-26(37)19(32)13(3)4)14(5)15(29)9-17(30)42-27(22)38/h8,13,15-17,19-20,22-25,33,35-36H,9-11,32H2,1-7H3/t15-,16?,17+,19-,20+,22+,23?,24+,25-,29-,30+,31-/m0/s1. The van der Waals surface area contributed by atoms with Crippen LogP contribution in [0.15, 0.2) is 23.0 Å². The van der Waals surface area contributed by atoms with Crippen LogP contribution in [-0.2, 0) is 42.9 Å². The van der Waals surface area contributed by atoms with Gasteiger partial charge in [0.25, 0.3) is 0 Å². The predicted octanol–water partition coefficient (Wildman–Crippen LogP) is 0.277. The molecule has 13 heteroatoms. The van der Waals surface area contributed by atoms with Gasteiger partial charge in [-0.15, -0.1) is 0 Å². The number of aliphatic hydroxyl groups is 3. The van der Waals surface area contributed by atoms with E-state index in [0.29, 0.717) is 11.1 Å². The van der Waals surface area contributed by atoms with Gasteiger partial charge in [-0.2, -0.15) is 0 Å². The van der Waals surface area contributed by atoms with E-state index in [-0.39, 0.29) is 31.1 Å². The molecular formula is C31H43NO12. The highest BCUT2D eigenvalue weighted by molar-refractivity contribution is 5.89. The predicted molar refractivity (Wildman–Crippen MR) is 150 cm³/mol. The fourth-order valence-electron chi connectivity index (χ4n) is 9.01. The smallest absolute Gasteiger partial charge is 0.348 e. The highest BCUT2D eigenvalue weighted by atomic mass is 16.6. The van der Waals surface area contributed by atoms with E-state index in [9.17, 15) is 34.5 Å². The van der Waals surface area contributed by atoms with Crippen LogP contribution in [0.25, 0.3) is 0 Å². The number of rotatable bonds is 6. The maximum Gasteiger partial charge on any atom is 0.348 e. The van der Waals surface area contributed by atoms with Gasteiger partial charge in [-0.05, 0) is 56.4 Å². The van der Waals surface area contributed by atoms with E-state index < -0.39 is 94.6 Å². The van der Waals surface area contributed by atoms with Gasteiger partial charge in [-0.3, -0.25) is 0 Å². The number of fused-ring (bicyclic) bond motifs is 2. The van der Waals surface area contributed by atoms with Crippen LogP contribution >= 0.6 is 0 Å². The monoisotopic (exact) mass is 621 g/mol. The van der Waals surface area contributed by atoms with Gasteiger partial charge in [0.1, 0.15) is 30.1 Å². The van der Waals surface area contributed by atoms with Crippen molar-refractivity contribution in [2.45, 2.75) is 96.5 Å². The second-order valence-corrected chi connectivity index (χ2v) is 13.8. The number of esters is 4. The molecule has 44 heavy (non-hydrogen) atoms. The van der Waals surface area contributed by atoms with E-state index in [1.807, 2.05) is 6.92 Å². The maximum atomic E-state index is 13.6. The van der Waals surface area contributed by atoms with E-state index in [4.69, 9.17) is 29.4 Å². The third kappa shape index (κ3) is 4.30. The third-order valence-electron chi connectivity index (χ3n) is 10.8. The molecule has 0 aromatic heterocycles. The minimum atomic E-state index is -2.24. The number of carbonyl (C=O) groups is 4. The summed E-state index contributed by atoms with van der Waals surface area (Å²) in [6, 6.07) is -0.922. The molecule has 0 aromatic rings. The first-order valence-electron chi connectivity index (χ1n) is 15.0. The Bertz CT molecular complexity index is 1320. The molecule has 2 aliphatic heterocycles. The summed E-state index contributed by atoms with van der Waals surface area (Å²) in [5.74, 6) is -6.38. The number of methoxy groups -OCH3 is 1. The van der Waals surface area contributed by atoms with Gasteiger partial charge in [0.15, 0.2) is 0 Å². The summed E-state index contributed by atoms with van der Waals surface area (Å²) in [6.45, 7) is 10.2. The lowest BCUT2D eigenvalue weighted by Crippen LogP contribution is -2.79. The Balaban J connectivity index is 1.66. The van der Waals surface area contributed by atoms with E-state index in [1.165, 1.54) is 6.08 Å². The lowest BCUT2D eigenvalue weighted by Gasteiger charge is -2.67. The zero-order valence-electron chi connectivity index (χ0n) is 26.1. The summed E-state index contributed by atoms with van der Waals surface area (Å²) in [4.78, 5) is 52.8. The molecule has 2 heterocycles. The topological polar surface area (TPSA) is 201 Å². The van der Waals surface area contributed by atoms with Crippen LogP contribution in [-0.4, -0.2) is 95.1 Å². The number of hydrogen-bond acceptors (Lipinski definition) is 13. The molecular weight excluding hydrogens is 578 g/mol. The summed E-state index contributed by atoms with van der Waals surface area (Å²) in [5, 5.41) is 35.0. The molecule has 244 valence electrons. The molecule has 1 spiro atoms. The number of nitrogens with two attached hydrogens (primary N) is 1. The fraction of sp³-hybridized carbons (Fsp3) is 0.742. The molecule has 5 aliphatic rings. The Morgan fingerprint density at radius 2 is 1.80 bits per heavy atom. The Morgan fingerprint density at radius 3 is 2.39 bits per heavy atom. The lowest BCUT2D eigenvalue weighted by atomic mass is 9.38. The number of allylic oxidation sites excluding steroid dienone is 2. The van der Waals surface area contributed by atoms with Crippen molar-refractivity contribution >= 4 is 23.9 Å². The summed E-state index contributed by atoms with van der Waals surface area (Å²) in [5.41, 5.74) is 2.56. The minimum absolute atomic E-state index is 0.00837. The molecule has 2 bridgehead atoms. The highest BCUT2D eigenvalue weighted by Crippen LogP contribution is 2.73. The number of carbonyl (C=O) groups excluding carboxylic acids is 4. The van der Waals surface area contributed by atoms with E-state index >= 15 is 0 Å². The van der Waals surface area contributed by atoms with E-state index in [1.54, 1.807) is 34.6 Å². The average molecular weight is 622 g/mol. The molecule has 5 N–H and O–H groups in total. The van der Waals surface area contributed by atoms with Crippen molar-refractivity contribution in [1.29, 1.82) is 0 Å². The van der Waals surface area contributed by atoms with Crippen molar-refractivity contribution in [2.75, 3.05) is 13.7 Å². The Hall–Kier alpha value is -2.84. The van der Waals surface area contributed by atoms with Crippen molar-refractivity contribution < 1.29 is 58.2 Å². The fourth-order valence-corrected chi connectivity index (χ4v) is 9.01. The molecule has 0 aromatic carbocycles. The molecule has 5 rings (SSSR count). The first-order valence-corrected chi connectivity index (χ1v) is 15.0. The summed E-state index contributed by atoms with van der Waals surface area (Å²) >= 11 is 0. The van der Waals surface area contributed by atoms with Gasteiger partial charge in [0.2, 0.25) is 11.7 Å². The van der Waals surface area contributed by atoms with Gasteiger partial charge < -0.3 is 44.7 Å². The summed E-state index contributed by atoms with van der Waals surface area (Å²) < 4.78 is 28.5. The molecule has 2 unspecified atom stereocenters. The van der Waals surface area contributed by atoms with Crippen LogP contribution < -0.4 is 5.73 Å². The van der Waals surface area contributed by atoms with Crippen LogP contribution in [0.3, 0.4) is 0 Å². The number of ether oxygens (including phenoxy) is 5. The number of aliphatic hydroxyl groups excluding tert-OH is 3. The average Bonchev–Trinajstić information content (AvgIpc) is 3.24. The molecule has 2 saturated heterocycles. The quantitative estimate of drug-likeness (QED) is 0.179. The minimum Gasteiger partial charge on any atom is -0.467 e. The van der Waals surface area contributed by atoms with Crippen molar-refractivity contribution in [3.8, 4) is 0 Å². The molecule has 13 nitrogen and oxygen atoms in total. The van der Waals surface area contributed by atoms with Gasteiger partial charge in [0.05, 0.1) is 25.7 Å². The van der Waals surface area contributed by atoms with Crippen molar-refractivity contribution in [2.24, 2.45) is 40.2 Å². The second kappa shape index (κ2) is 10.9. The molecule has 0 amide bonds. The molecule has 2 saturated carbocycles. The van der Waals surface area contributed by atoms with E-state index in [0.717, 1.165) is 7.11 Å². The van der Waals surface area contributed by atoms with Gasteiger partial charge in [-0.25, -0.2) is 19.2 Å². The normalized spacial score (nSPS) is 42.9. The lowest BCUT2D eigenvalue weighted by molar-refractivity contribution is -0.293. The summed E-state index contributed by atoms with van der Waals surface area (Å²) in [6.07, 6.45) is -6.06. The Morgan fingerprint density at radius 1 is 1.14 bits per heavy atom. The Kier molecular flexibility index (Phi) is 8.07. The van der Waals surface area contributed by atoms with Crippen LogP contribution in [0.2, 0.25) is 0 Å². The van der Waals surface area contributed by atoms with Crippen LogP contribution in [0.4, 0.5) is 0 Å². The first-order chi connectivity index (χ1) is 20.5. The van der Waals surface area contributed by atoms with Gasteiger partial charge in [-0.1, -0.05) is 26.3 Å². The molecule has 12 atom stereocenters. The van der Waals surface area contributed by atoms with Crippen molar-refractivity contribution in [3.63, 3.8) is 0 Å². The molecule has 3 aliphatic carbocycles. The SMILES string of the molecule is COC(=O)[C@@]12OC[C@]34C([C@@H](O)[C@@H]1O)[C@@]1(C)CC(O)C(OC(=O)[C@@H](N)C(C)C)=C(C)[C@@H]1C[C@H]3OC(=O)[C@H](OC(=O)C=C(C)C)[C@@H]24. The second-order valence-electron chi connectivity index (χ2n) is 13.8. The van der Waals surface area contributed by atoms with Crippen molar-refractivity contribution in [3.05, 3.63) is 23.0 Å². The van der Waals surface area contributed by atoms with Crippen molar-refractivity contribution in [1.82, 2.24) is 0 Å². The summed E-state index contributed by atoms with van der Waals surface area (Å²) in [7, 11) is 1.09. The van der Waals surface area contributed by atoms with Crippen LogP contribution in [0.5, 0.6) is 0 Å². The Labute approximate surface area is 255 Å². The van der Waals surface area contributed by atoms with Crippen LogP contribution in [0, 0.1) is 34.5 Å². The maximum absolute atomic E-state index is 13.6. The van der Waals surface area contributed by atoms with Gasteiger partial charge in [0, 0.05) is 17.4 Å². The van der Waals surface area contributed by atoms with Gasteiger partial charge >= 0.3 is 23.9 Å². The zero-order chi connectivity index (χ0) is 32.7. The number of hydrogen-bond donors (Lipinski definition) is 4. The molecule has 4 fully saturated rings. The van der Waals surface area contributed by atoms with Crippen LogP contribution in [0.1, 0.15) is 54.4 Å². The highest BCUT2D eigenvalue weighted by Gasteiger charge is 2.85. The largest absolute Gasteiger partial charge is 0.467 e. The van der Waals surface area contributed by atoms with E-state index in [2.05, 4.69) is 0 Å². The zero-order valence-corrected chi connectivity index (χ0v) is 26.1.